The zero-order chi connectivity index (χ0) is 16.1. The molecule has 1 aromatic carbocycles. The number of nitrogens with one attached hydrogen (secondary N) is 1. The molecule has 2 rings (SSSR count). The van der Waals surface area contributed by atoms with Gasteiger partial charge in [-0.05, 0) is 26.0 Å². The molecule has 0 unspecified atom stereocenters. The number of amides is 2. The van der Waals surface area contributed by atoms with Crippen LogP contribution in [-0.2, 0) is 14.3 Å². The number of hydrogen-bond acceptors (Lipinski definition) is 4. The number of hydrogen-bond donors (Lipinski definition) is 1. The predicted octanol–water partition coefficient (Wildman–Crippen LogP) is 0.889. The van der Waals surface area contributed by atoms with Crippen molar-refractivity contribution in [2.75, 3.05) is 19.7 Å². The average Bonchev–Trinajstić information content (AvgIpc) is 2.49. The molecule has 1 atom stereocenters. The Morgan fingerprint density at radius 1 is 1.32 bits per heavy atom. The molecule has 22 heavy (non-hydrogen) atoms. The molecule has 0 aromatic heterocycles. The van der Waals surface area contributed by atoms with E-state index in [2.05, 4.69) is 5.32 Å². The van der Waals surface area contributed by atoms with Gasteiger partial charge in [0, 0.05) is 18.7 Å². The molecule has 0 aliphatic carbocycles. The van der Waals surface area contributed by atoms with Crippen LogP contribution in [0.25, 0.3) is 0 Å². The third-order valence-corrected chi connectivity index (χ3v) is 3.56. The van der Waals surface area contributed by atoms with Gasteiger partial charge >= 0.3 is 5.97 Å². The van der Waals surface area contributed by atoms with Crippen molar-refractivity contribution in [2.24, 2.45) is 0 Å². The standard InChI is InChI=1S/C16H20N2O4/c1-3-22-14(19)10-13-15(20)17-8-9-18(13)16(21)12-6-4-11(2)5-7-12/h4-7,13H,3,8-10H2,1-2H3,(H,17,20)/t13-/m0/s1. The van der Waals surface area contributed by atoms with Gasteiger partial charge in [-0.2, -0.15) is 0 Å². The van der Waals surface area contributed by atoms with Gasteiger partial charge in [0.15, 0.2) is 0 Å². The molecule has 1 aliphatic heterocycles. The molecule has 6 heteroatoms. The maximum absolute atomic E-state index is 12.6. The predicted molar refractivity (Wildman–Crippen MR) is 80.3 cm³/mol. The van der Waals surface area contributed by atoms with Crippen LogP contribution in [-0.4, -0.2) is 48.4 Å². The molecule has 1 saturated heterocycles. The van der Waals surface area contributed by atoms with Gasteiger partial charge in [-0.3, -0.25) is 14.4 Å². The Bertz CT molecular complexity index is 568. The molecule has 1 N–H and O–H groups in total. The fourth-order valence-electron chi connectivity index (χ4n) is 2.40. The van der Waals surface area contributed by atoms with E-state index in [0.717, 1.165) is 5.56 Å². The maximum Gasteiger partial charge on any atom is 0.308 e. The van der Waals surface area contributed by atoms with Crippen LogP contribution in [0.5, 0.6) is 0 Å². The van der Waals surface area contributed by atoms with Crippen molar-refractivity contribution in [1.82, 2.24) is 10.2 Å². The minimum atomic E-state index is -0.818. The first-order chi connectivity index (χ1) is 10.5. The fourth-order valence-corrected chi connectivity index (χ4v) is 2.40. The van der Waals surface area contributed by atoms with Gasteiger partial charge < -0.3 is 15.0 Å². The van der Waals surface area contributed by atoms with Crippen molar-refractivity contribution in [3.63, 3.8) is 0 Å². The average molecular weight is 304 g/mol. The van der Waals surface area contributed by atoms with Crippen molar-refractivity contribution >= 4 is 17.8 Å². The second kappa shape index (κ2) is 7.06. The number of benzene rings is 1. The number of carbonyl (C=O) groups excluding carboxylic acids is 3. The van der Waals surface area contributed by atoms with E-state index >= 15 is 0 Å². The van der Waals surface area contributed by atoms with E-state index < -0.39 is 12.0 Å². The van der Waals surface area contributed by atoms with Crippen LogP contribution < -0.4 is 5.32 Å². The normalized spacial score (nSPS) is 17.8. The Labute approximate surface area is 129 Å². The highest BCUT2D eigenvalue weighted by atomic mass is 16.5. The molecule has 0 saturated carbocycles. The fraction of sp³-hybridized carbons (Fsp3) is 0.438. The second-order valence-electron chi connectivity index (χ2n) is 5.18. The summed E-state index contributed by atoms with van der Waals surface area (Å²) in [6.07, 6.45) is -0.128. The first-order valence-electron chi connectivity index (χ1n) is 7.34. The summed E-state index contributed by atoms with van der Waals surface area (Å²) in [7, 11) is 0. The van der Waals surface area contributed by atoms with E-state index in [9.17, 15) is 14.4 Å². The van der Waals surface area contributed by atoms with Crippen LogP contribution in [0.4, 0.5) is 0 Å². The zero-order valence-corrected chi connectivity index (χ0v) is 12.8. The van der Waals surface area contributed by atoms with Crippen LogP contribution in [0.3, 0.4) is 0 Å². The summed E-state index contributed by atoms with van der Waals surface area (Å²) in [6, 6.07) is 6.33. The maximum atomic E-state index is 12.6. The number of piperazine rings is 1. The smallest absolute Gasteiger partial charge is 0.308 e. The Balaban J connectivity index is 2.17. The second-order valence-corrected chi connectivity index (χ2v) is 5.18. The monoisotopic (exact) mass is 304 g/mol. The highest BCUT2D eigenvalue weighted by Crippen LogP contribution is 2.15. The minimum Gasteiger partial charge on any atom is -0.466 e. The first kappa shape index (κ1) is 16.0. The van der Waals surface area contributed by atoms with Crippen LogP contribution in [0.1, 0.15) is 29.3 Å². The van der Waals surface area contributed by atoms with Crippen molar-refractivity contribution in [1.29, 1.82) is 0 Å². The topological polar surface area (TPSA) is 75.7 Å². The zero-order valence-electron chi connectivity index (χ0n) is 12.8. The molecule has 1 heterocycles. The molecule has 1 aromatic rings. The SMILES string of the molecule is CCOC(=O)C[C@H]1C(=O)NCCN1C(=O)c1ccc(C)cc1. The Morgan fingerprint density at radius 2 is 2.00 bits per heavy atom. The third-order valence-electron chi connectivity index (χ3n) is 3.56. The summed E-state index contributed by atoms with van der Waals surface area (Å²) in [4.78, 5) is 37.7. The Morgan fingerprint density at radius 3 is 2.64 bits per heavy atom. The van der Waals surface area contributed by atoms with Crippen LogP contribution >= 0.6 is 0 Å². The van der Waals surface area contributed by atoms with Crippen molar-refractivity contribution < 1.29 is 19.1 Å². The van der Waals surface area contributed by atoms with Crippen LogP contribution in [0.2, 0.25) is 0 Å². The lowest BCUT2D eigenvalue weighted by Crippen LogP contribution is -2.57. The molecule has 0 spiro atoms. The van der Waals surface area contributed by atoms with Gasteiger partial charge in [0.2, 0.25) is 5.91 Å². The van der Waals surface area contributed by atoms with Crippen molar-refractivity contribution in [2.45, 2.75) is 26.3 Å². The number of carbonyl (C=O) groups is 3. The van der Waals surface area contributed by atoms with Crippen LogP contribution in [0.15, 0.2) is 24.3 Å². The molecule has 0 radical (unpaired) electrons. The number of nitrogens with zero attached hydrogens (tertiary/aromatic N) is 1. The van der Waals surface area contributed by atoms with Gasteiger partial charge in [0.05, 0.1) is 13.0 Å². The molecule has 1 aliphatic rings. The first-order valence-corrected chi connectivity index (χ1v) is 7.34. The van der Waals surface area contributed by atoms with E-state index in [0.29, 0.717) is 18.7 Å². The Hall–Kier alpha value is -2.37. The summed E-state index contributed by atoms with van der Waals surface area (Å²) in [5.74, 6) is -1.05. The quantitative estimate of drug-likeness (QED) is 0.838. The molecular formula is C16H20N2O4. The molecule has 118 valence electrons. The molecule has 6 nitrogen and oxygen atoms in total. The summed E-state index contributed by atoms with van der Waals surface area (Å²) < 4.78 is 4.89. The number of aryl methyl sites for hydroxylation is 1. The van der Waals surface area contributed by atoms with E-state index in [1.165, 1.54) is 4.90 Å². The van der Waals surface area contributed by atoms with E-state index in [1.54, 1.807) is 19.1 Å². The summed E-state index contributed by atoms with van der Waals surface area (Å²) >= 11 is 0. The van der Waals surface area contributed by atoms with Gasteiger partial charge in [-0.15, -0.1) is 0 Å². The lowest BCUT2D eigenvalue weighted by molar-refractivity contribution is -0.147. The van der Waals surface area contributed by atoms with Gasteiger partial charge in [-0.1, -0.05) is 17.7 Å². The lowest BCUT2D eigenvalue weighted by atomic mass is 10.1. The molecule has 1 fully saturated rings. The largest absolute Gasteiger partial charge is 0.466 e. The molecule has 2 amide bonds. The summed E-state index contributed by atoms with van der Waals surface area (Å²) in [5, 5.41) is 2.68. The molecular weight excluding hydrogens is 284 g/mol. The Kier molecular flexibility index (Phi) is 5.14. The molecule has 0 bridgehead atoms. The van der Waals surface area contributed by atoms with Crippen LogP contribution in [0, 0.1) is 6.92 Å². The minimum absolute atomic E-state index is 0.128. The number of ether oxygens (including phenoxy) is 1. The lowest BCUT2D eigenvalue weighted by Gasteiger charge is -2.34. The number of rotatable bonds is 4. The van der Waals surface area contributed by atoms with Crippen molar-refractivity contribution in [3.05, 3.63) is 35.4 Å². The summed E-state index contributed by atoms with van der Waals surface area (Å²) in [5.41, 5.74) is 1.56. The van der Waals surface area contributed by atoms with E-state index in [1.807, 2.05) is 19.1 Å². The van der Waals surface area contributed by atoms with E-state index in [4.69, 9.17) is 4.74 Å². The van der Waals surface area contributed by atoms with Gasteiger partial charge in [0.1, 0.15) is 6.04 Å². The third kappa shape index (κ3) is 3.63. The highest BCUT2D eigenvalue weighted by Gasteiger charge is 2.35. The van der Waals surface area contributed by atoms with E-state index in [-0.39, 0.29) is 24.8 Å². The number of esters is 1. The summed E-state index contributed by atoms with van der Waals surface area (Å²) in [6.45, 7) is 4.65. The van der Waals surface area contributed by atoms with Crippen molar-refractivity contribution in [3.8, 4) is 0 Å². The van der Waals surface area contributed by atoms with Gasteiger partial charge in [0.25, 0.3) is 5.91 Å². The van der Waals surface area contributed by atoms with Gasteiger partial charge in [-0.25, -0.2) is 0 Å². The highest BCUT2D eigenvalue weighted by molar-refractivity contribution is 5.99.